The summed E-state index contributed by atoms with van der Waals surface area (Å²) in [5, 5.41) is 79.7. The molecule has 37 heavy (non-hydrogen) atoms. The number of hydrogen-bond acceptors (Lipinski definition) is 11. The Balaban J connectivity index is 1.68. The van der Waals surface area contributed by atoms with Crippen molar-refractivity contribution in [1.82, 2.24) is 0 Å². The zero-order valence-electron chi connectivity index (χ0n) is 20.6. The molecule has 2 aromatic carbocycles. The number of aryl methyl sites for hydroxylation is 2. The number of phenols is 3. The molecule has 3 rings (SSSR count). The molecule has 1 aliphatic rings. The van der Waals surface area contributed by atoms with Crippen molar-refractivity contribution in [3.8, 4) is 23.0 Å². The standard InChI is InChI=1S/C26H36O11/c1-35-21-11-15(5-9-19(21)30)3-7-17(36-26-25(34)24(33)23(32)22(13-27)37-26)12-16(28)6-2-14-4-8-18(29)20(31)10-14/h4-5,8-11,16-17,22-34H,2-3,6-7,12-13H2,1H3/t16-,17+,22-,23+,24-,25-,26+/m0/s1. The highest BCUT2D eigenvalue weighted by Gasteiger charge is 2.44. The molecule has 0 spiro atoms. The fourth-order valence-electron chi connectivity index (χ4n) is 4.30. The van der Waals surface area contributed by atoms with Gasteiger partial charge >= 0.3 is 0 Å². The predicted octanol–water partition coefficient (Wildman–Crippen LogP) is 0.313. The highest BCUT2D eigenvalue weighted by molar-refractivity contribution is 5.42. The van der Waals surface area contributed by atoms with E-state index in [1.165, 1.54) is 25.3 Å². The van der Waals surface area contributed by atoms with Crippen molar-refractivity contribution in [3.63, 3.8) is 0 Å². The largest absolute Gasteiger partial charge is 0.504 e. The minimum atomic E-state index is -1.59. The third-order valence-corrected chi connectivity index (χ3v) is 6.52. The van der Waals surface area contributed by atoms with Crippen LogP contribution >= 0.6 is 0 Å². The Labute approximate surface area is 214 Å². The zero-order valence-corrected chi connectivity index (χ0v) is 20.6. The van der Waals surface area contributed by atoms with Gasteiger partial charge in [-0.1, -0.05) is 12.1 Å². The second-order valence-electron chi connectivity index (χ2n) is 9.25. The van der Waals surface area contributed by atoms with E-state index in [2.05, 4.69) is 0 Å². The molecule has 11 nitrogen and oxygen atoms in total. The van der Waals surface area contributed by atoms with Gasteiger partial charge in [0.15, 0.2) is 29.3 Å². The summed E-state index contributed by atoms with van der Waals surface area (Å²) in [6.07, 6.45) is -7.00. The van der Waals surface area contributed by atoms with Crippen LogP contribution in [0.1, 0.15) is 30.4 Å². The zero-order chi connectivity index (χ0) is 27.1. The monoisotopic (exact) mass is 524 g/mol. The van der Waals surface area contributed by atoms with Crippen molar-refractivity contribution in [3.05, 3.63) is 47.5 Å². The number of benzene rings is 2. The molecule has 0 bridgehead atoms. The van der Waals surface area contributed by atoms with Crippen molar-refractivity contribution in [1.29, 1.82) is 0 Å². The van der Waals surface area contributed by atoms with Crippen LogP contribution in [0, 0.1) is 0 Å². The lowest BCUT2D eigenvalue weighted by Gasteiger charge is -2.41. The smallest absolute Gasteiger partial charge is 0.186 e. The molecule has 0 amide bonds. The molecular weight excluding hydrogens is 488 g/mol. The van der Waals surface area contributed by atoms with Gasteiger partial charge in [0.25, 0.3) is 0 Å². The van der Waals surface area contributed by atoms with Crippen LogP contribution < -0.4 is 4.74 Å². The van der Waals surface area contributed by atoms with Crippen molar-refractivity contribution >= 4 is 0 Å². The van der Waals surface area contributed by atoms with Crippen LogP contribution in [0.3, 0.4) is 0 Å². The molecule has 0 aromatic heterocycles. The average molecular weight is 525 g/mol. The van der Waals surface area contributed by atoms with E-state index >= 15 is 0 Å². The van der Waals surface area contributed by atoms with E-state index in [9.17, 15) is 40.9 Å². The van der Waals surface area contributed by atoms with E-state index in [1.807, 2.05) is 0 Å². The minimum absolute atomic E-state index is 0.00365. The van der Waals surface area contributed by atoms with E-state index in [0.29, 0.717) is 31.4 Å². The van der Waals surface area contributed by atoms with Gasteiger partial charge < -0.3 is 55.1 Å². The molecule has 1 saturated heterocycles. The molecule has 206 valence electrons. The van der Waals surface area contributed by atoms with Crippen LogP contribution in [-0.4, -0.2) is 97.5 Å². The summed E-state index contributed by atoms with van der Waals surface area (Å²) in [4.78, 5) is 0. The molecule has 0 unspecified atom stereocenters. The Kier molecular flexibility index (Phi) is 10.4. The van der Waals surface area contributed by atoms with Crippen molar-refractivity contribution in [2.24, 2.45) is 0 Å². The number of aliphatic hydroxyl groups is 5. The van der Waals surface area contributed by atoms with Crippen molar-refractivity contribution in [2.45, 2.75) is 75.0 Å². The van der Waals surface area contributed by atoms with E-state index in [0.717, 1.165) is 11.1 Å². The Morgan fingerprint density at radius 1 is 0.838 bits per heavy atom. The number of phenolic OH excluding ortho intramolecular Hbond substituents is 3. The lowest BCUT2D eigenvalue weighted by atomic mass is 9.97. The Morgan fingerprint density at radius 2 is 1.49 bits per heavy atom. The summed E-state index contributed by atoms with van der Waals surface area (Å²) in [6, 6.07) is 9.33. The van der Waals surface area contributed by atoms with E-state index in [-0.39, 0.29) is 23.7 Å². The first-order chi connectivity index (χ1) is 17.6. The molecule has 0 aliphatic carbocycles. The van der Waals surface area contributed by atoms with E-state index in [1.54, 1.807) is 18.2 Å². The molecule has 11 heteroatoms. The first kappa shape index (κ1) is 28.9. The van der Waals surface area contributed by atoms with Crippen LogP contribution in [0.4, 0.5) is 0 Å². The minimum Gasteiger partial charge on any atom is -0.504 e. The number of aromatic hydroxyl groups is 3. The molecule has 1 fully saturated rings. The summed E-state index contributed by atoms with van der Waals surface area (Å²) in [7, 11) is 1.44. The van der Waals surface area contributed by atoms with E-state index < -0.39 is 49.5 Å². The van der Waals surface area contributed by atoms with Gasteiger partial charge in [-0.2, -0.15) is 0 Å². The third kappa shape index (κ3) is 7.68. The highest BCUT2D eigenvalue weighted by Crippen LogP contribution is 2.30. The number of ether oxygens (including phenoxy) is 3. The Hall–Kier alpha value is -2.64. The van der Waals surface area contributed by atoms with Crippen LogP contribution in [0.5, 0.6) is 23.0 Å². The molecule has 1 heterocycles. The molecule has 0 radical (unpaired) electrons. The molecule has 2 aromatic rings. The maximum Gasteiger partial charge on any atom is 0.186 e. The van der Waals surface area contributed by atoms with Crippen LogP contribution in [0.25, 0.3) is 0 Å². The fraction of sp³-hybridized carbons (Fsp3) is 0.538. The number of rotatable bonds is 12. The number of hydrogen-bond donors (Lipinski definition) is 8. The predicted molar refractivity (Wildman–Crippen MR) is 130 cm³/mol. The molecule has 0 saturated carbocycles. The van der Waals surface area contributed by atoms with Gasteiger partial charge in [0, 0.05) is 0 Å². The fourth-order valence-corrected chi connectivity index (χ4v) is 4.30. The maximum atomic E-state index is 10.7. The SMILES string of the molecule is COc1cc(CC[C@H](C[C@@H](O)CCc2ccc(O)c(O)c2)O[C@@H]2O[C@@H](CO)[C@@H](O)[C@H](O)[C@@H]2O)ccc1O. The molecular formula is C26H36O11. The maximum absolute atomic E-state index is 10.7. The quantitative estimate of drug-likeness (QED) is 0.178. The molecule has 8 N–H and O–H groups in total. The first-order valence-electron chi connectivity index (χ1n) is 12.1. The number of methoxy groups -OCH3 is 1. The van der Waals surface area contributed by atoms with Gasteiger partial charge in [0.2, 0.25) is 0 Å². The second-order valence-corrected chi connectivity index (χ2v) is 9.25. The Morgan fingerprint density at radius 3 is 2.14 bits per heavy atom. The van der Waals surface area contributed by atoms with Gasteiger partial charge in [0.05, 0.1) is 25.9 Å². The van der Waals surface area contributed by atoms with Crippen molar-refractivity contribution < 1.29 is 55.1 Å². The number of aliphatic hydroxyl groups excluding tert-OH is 5. The van der Waals surface area contributed by atoms with E-state index in [4.69, 9.17) is 14.2 Å². The topological polar surface area (TPSA) is 190 Å². The van der Waals surface area contributed by atoms with Crippen LogP contribution in [0.15, 0.2) is 36.4 Å². The summed E-state index contributed by atoms with van der Waals surface area (Å²) >= 11 is 0. The van der Waals surface area contributed by atoms with Crippen LogP contribution in [-0.2, 0) is 22.3 Å². The summed E-state index contributed by atoms with van der Waals surface area (Å²) in [5.74, 6) is -0.180. The van der Waals surface area contributed by atoms with Crippen LogP contribution in [0.2, 0.25) is 0 Å². The third-order valence-electron chi connectivity index (χ3n) is 6.52. The van der Waals surface area contributed by atoms with Gasteiger partial charge in [-0.05, 0) is 67.5 Å². The summed E-state index contributed by atoms with van der Waals surface area (Å²) < 4.78 is 16.6. The van der Waals surface area contributed by atoms with Gasteiger partial charge in [-0.25, -0.2) is 0 Å². The molecule has 7 atom stereocenters. The molecule has 1 aliphatic heterocycles. The normalized spacial score (nSPS) is 25.5. The van der Waals surface area contributed by atoms with Gasteiger partial charge in [-0.15, -0.1) is 0 Å². The average Bonchev–Trinajstić information content (AvgIpc) is 2.88. The Bertz CT molecular complexity index is 998. The van der Waals surface area contributed by atoms with Gasteiger partial charge in [-0.3, -0.25) is 0 Å². The summed E-state index contributed by atoms with van der Waals surface area (Å²) in [5.41, 5.74) is 1.54. The van der Waals surface area contributed by atoms with Gasteiger partial charge in [0.1, 0.15) is 24.4 Å². The highest BCUT2D eigenvalue weighted by atomic mass is 16.7. The second kappa shape index (κ2) is 13.2. The lowest BCUT2D eigenvalue weighted by molar-refractivity contribution is -0.313. The summed E-state index contributed by atoms with van der Waals surface area (Å²) in [6.45, 7) is -0.592. The van der Waals surface area contributed by atoms with Crippen molar-refractivity contribution in [2.75, 3.05) is 13.7 Å². The first-order valence-corrected chi connectivity index (χ1v) is 12.1. The lowest BCUT2D eigenvalue weighted by Crippen LogP contribution is -2.59.